The Morgan fingerprint density at radius 2 is 1.90 bits per heavy atom. The van der Waals surface area contributed by atoms with Crippen LogP contribution >= 0.6 is 0 Å². The van der Waals surface area contributed by atoms with Crippen LogP contribution < -0.4 is 5.32 Å². The number of halogens is 1. The van der Waals surface area contributed by atoms with Gasteiger partial charge in [-0.1, -0.05) is 39.3 Å². The molecule has 1 N–H and O–H groups in total. The third-order valence-electron chi connectivity index (χ3n) is 5.03. The summed E-state index contributed by atoms with van der Waals surface area (Å²) in [5.41, 5.74) is 1.47. The average Bonchev–Trinajstić information content (AvgIpc) is 2.64. The maximum Gasteiger partial charge on any atom is 0.123 e. The highest BCUT2D eigenvalue weighted by Gasteiger charge is 2.28. The molecule has 2 heteroatoms. The lowest BCUT2D eigenvalue weighted by molar-refractivity contribution is 0.213. The first-order valence-corrected chi connectivity index (χ1v) is 8.38. The fourth-order valence-electron chi connectivity index (χ4n) is 3.56. The third-order valence-corrected chi connectivity index (χ3v) is 5.03. The molecule has 1 nitrogen and oxygen atoms in total. The van der Waals surface area contributed by atoms with Crippen molar-refractivity contribution < 1.29 is 4.39 Å². The van der Waals surface area contributed by atoms with E-state index < -0.39 is 0 Å². The van der Waals surface area contributed by atoms with E-state index in [1.54, 1.807) is 12.1 Å². The molecule has 0 spiro atoms. The molecule has 0 radical (unpaired) electrons. The number of rotatable bonds is 3. The standard InChI is InChI=1S/C19H30FN/c1-14(15-7-5-9-17(20)13-15)21-18-10-6-8-16(11-12-18)19(2,3)4/h5,7,9,13-14,16,18,21H,6,8,10-12H2,1-4H3/t14-,16?,18?/m0/s1. The predicted molar refractivity (Wildman–Crippen MR) is 87.8 cm³/mol. The lowest BCUT2D eigenvalue weighted by Crippen LogP contribution is -2.31. The van der Waals surface area contributed by atoms with Gasteiger partial charge in [0.15, 0.2) is 0 Å². The topological polar surface area (TPSA) is 12.0 Å². The maximum absolute atomic E-state index is 13.3. The van der Waals surface area contributed by atoms with Crippen LogP contribution in [0.5, 0.6) is 0 Å². The zero-order chi connectivity index (χ0) is 15.5. The van der Waals surface area contributed by atoms with E-state index >= 15 is 0 Å². The van der Waals surface area contributed by atoms with Crippen LogP contribution in [0.15, 0.2) is 24.3 Å². The molecule has 1 saturated carbocycles. The largest absolute Gasteiger partial charge is 0.307 e. The van der Waals surface area contributed by atoms with Gasteiger partial charge in [0.05, 0.1) is 0 Å². The first-order chi connectivity index (χ1) is 9.86. The Kier molecular flexibility index (Phi) is 5.43. The normalized spacial score (nSPS) is 25.4. The summed E-state index contributed by atoms with van der Waals surface area (Å²) in [7, 11) is 0. The number of hydrogen-bond donors (Lipinski definition) is 1. The van der Waals surface area contributed by atoms with Crippen molar-refractivity contribution in [2.75, 3.05) is 0 Å². The van der Waals surface area contributed by atoms with Gasteiger partial charge in [-0.2, -0.15) is 0 Å². The van der Waals surface area contributed by atoms with Gasteiger partial charge < -0.3 is 5.32 Å². The molecule has 2 rings (SSSR count). The van der Waals surface area contributed by atoms with E-state index in [0.29, 0.717) is 11.5 Å². The van der Waals surface area contributed by atoms with Gasteiger partial charge in [-0.05, 0) is 61.6 Å². The molecule has 1 aromatic carbocycles. The summed E-state index contributed by atoms with van der Waals surface area (Å²) in [5.74, 6) is 0.684. The predicted octanol–water partition coefficient (Wildman–Crippen LogP) is 5.47. The number of benzene rings is 1. The van der Waals surface area contributed by atoms with Gasteiger partial charge in [0.25, 0.3) is 0 Å². The van der Waals surface area contributed by atoms with Crippen molar-refractivity contribution in [2.45, 2.75) is 71.9 Å². The molecular formula is C19H30FN. The van der Waals surface area contributed by atoms with Crippen molar-refractivity contribution in [1.82, 2.24) is 5.32 Å². The van der Waals surface area contributed by atoms with Crippen LogP contribution in [0.3, 0.4) is 0 Å². The third kappa shape index (κ3) is 4.81. The van der Waals surface area contributed by atoms with Crippen LogP contribution in [0.2, 0.25) is 0 Å². The van der Waals surface area contributed by atoms with Gasteiger partial charge in [-0.25, -0.2) is 4.39 Å². The van der Waals surface area contributed by atoms with Crippen LogP contribution in [-0.2, 0) is 0 Å². The van der Waals surface area contributed by atoms with E-state index in [1.807, 2.05) is 6.07 Å². The highest BCUT2D eigenvalue weighted by Crippen LogP contribution is 2.37. The molecule has 1 aliphatic carbocycles. The van der Waals surface area contributed by atoms with Crippen LogP contribution in [0.4, 0.5) is 4.39 Å². The summed E-state index contributed by atoms with van der Waals surface area (Å²) >= 11 is 0. The van der Waals surface area contributed by atoms with Crippen molar-refractivity contribution in [3.8, 4) is 0 Å². The molecule has 0 aromatic heterocycles. The summed E-state index contributed by atoms with van der Waals surface area (Å²) in [6, 6.07) is 7.75. The Bertz CT molecular complexity index is 449. The molecule has 118 valence electrons. The van der Waals surface area contributed by atoms with E-state index in [-0.39, 0.29) is 11.9 Å². The van der Waals surface area contributed by atoms with Crippen molar-refractivity contribution >= 4 is 0 Å². The Balaban J connectivity index is 1.91. The fraction of sp³-hybridized carbons (Fsp3) is 0.684. The lowest BCUT2D eigenvalue weighted by atomic mass is 9.76. The van der Waals surface area contributed by atoms with Crippen molar-refractivity contribution in [3.63, 3.8) is 0 Å². The Morgan fingerprint density at radius 3 is 2.57 bits per heavy atom. The SMILES string of the molecule is C[C@H](NC1CCCC(C(C)(C)C)CC1)c1cccc(F)c1. The van der Waals surface area contributed by atoms with Gasteiger partial charge >= 0.3 is 0 Å². The van der Waals surface area contributed by atoms with Crippen LogP contribution in [0.1, 0.15) is 71.4 Å². The van der Waals surface area contributed by atoms with E-state index in [4.69, 9.17) is 0 Å². The van der Waals surface area contributed by atoms with Crippen molar-refractivity contribution in [3.05, 3.63) is 35.6 Å². The summed E-state index contributed by atoms with van der Waals surface area (Å²) in [5, 5.41) is 3.71. The van der Waals surface area contributed by atoms with Gasteiger partial charge in [-0.15, -0.1) is 0 Å². The minimum absolute atomic E-state index is 0.144. The zero-order valence-electron chi connectivity index (χ0n) is 14.0. The Hall–Kier alpha value is -0.890. The summed E-state index contributed by atoms with van der Waals surface area (Å²) in [6.07, 6.45) is 6.43. The van der Waals surface area contributed by atoms with Crippen LogP contribution in [0.25, 0.3) is 0 Å². The molecule has 0 heterocycles. The maximum atomic E-state index is 13.3. The zero-order valence-corrected chi connectivity index (χ0v) is 14.0. The minimum atomic E-state index is -0.144. The van der Waals surface area contributed by atoms with Gasteiger partial charge in [-0.3, -0.25) is 0 Å². The molecule has 3 atom stereocenters. The minimum Gasteiger partial charge on any atom is -0.307 e. The molecule has 1 fully saturated rings. The smallest absolute Gasteiger partial charge is 0.123 e. The summed E-state index contributed by atoms with van der Waals surface area (Å²) in [4.78, 5) is 0. The Labute approximate surface area is 129 Å². The van der Waals surface area contributed by atoms with Crippen LogP contribution in [0, 0.1) is 17.2 Å². The number of hydrogen-bond acceptors (Lipinski definition) is 1. The first-order valence-electron chi connectivity index (χ1n) is 8.38. The monoisotopic (exact) mass is 291 g/mol. The summed E-state index contributed by atoms with van der Waals surface area (Å²) < 4.78 is 13.3. The van der Waals surface area contributed by atoms with Gasteiger partial charge in [0.1, 0.15) is 5.82 Å². The lowest BCUT2D eigenvalue weighted by Gasteiger charge is -2.30. The van der Waals surface area contributed by atoms with E-state index in [0.717, 1.165) is 11.5 Å². The molecule has 0 amide bonds. The first kappa shape index (κ1) is 16.5. The second-order valence-electron chi connectivity index (χ2n) is 7.71. The molecule has 1 aliphatic rings. The fourth-order valence-corrected chi connectivity index (χ4v) is 3.56. The second kappa shape index (κ2) is 6.91. The molecule has 0 saturated heterocycles. The van der Waals surface area contributed by atoms with Crippen molar-refractivity contribution in [2.24, 2.45) is 11.3 Å². The molecule has 0 aliphatic heterocycles. The molecule has 1 aromatic rings. The van der Waals surface area contributed by atoms with Crippen LogP contribution in [-0.4, -0.2) is 6.04 Å². The van der Waals surface area contributed by atoms with Gasteiger partial charge in [0, 0.05) is 12.1 Å². The van der Waals surface area contributed by atoms with E-state index in [1.165, 1.54) is 38.2 Å². The molecule has 0 bridgehead atoms. The van der Waals surface area contributed by atoms with Gasteiger partial charge in [0.2, 0.25) is 0 Å². The molecule has 2 unspecified atom stereocenters. The Morgan fingerprint density at radius 1 is 1.14 bits per heavy atom. The highest BCUT2D eigenvalue weighted by molar-refractivity contribution is 5.19. The quantitative estimate of drug-likeness (QED) is 0.728. The summed E-state index contributed by atoms with van der Waals surface area (Å²) in [6.45, 7) is 9.23. The van der Waals surface area contributed by atoms with E-state index in [9.17, 15) is 4.39 Å². The molecular weight excluding hydrogens is 261 g/mol. The molecule has 21 heavy (non-hydrogen) atoms. The average molecular weight is 291 g/mol. The van der Waals surface area contributed by atoms with Crippen molar-refractivity contribution in [1.29, 1.82) is 0 Å². The second-order valence-corrected chi connectivity index (χ2v) is 7.71. The highest BCUT2D eigenvalue weighted by atomic mass is 19.1. The van der Waals surface area contributed by atoms with E-state index in [2.05, 4.69) is 33.0 Å². The number of nitrogens with one attached hydrogen (secondary N) is 1.